The quantitative estimate of drug-likeness (QED) is 0.836. The first-order valence-electron chi connectivity index (χ1n) is 5.84. The third-order valence-electron chi connectivity index (χ3n) is 2.88. The Morgan fingerprint density at radius 3 is 2.70 bits per heavy atom. The SMILES string of the molecule is COc1ccccc1S(=O)(=O)NCc1cnn(C)c1N. The molecule has 3 N–H and O–H groups in total. The van der Waals surface area contributed by atoms with Gasteiger partial charge in [0.1, 0.15) is 16.5 Å². The van der Waals surface area contributed by atoms with Crippen molar-refractivity contribution in [2.24, 2.45) is 7.05 Å². The number of rotatable bonds is 5. The van der Waals surface area contributed by atoms with E-state index in [1.54, 1.807) is 25.2 Å². The zero-order valence-corrected chi connectivity index (χ0v) is 12.0. The van der Waals surface area contributed by atoms with Gasteiger partial charge in [0.2, 0.25) is 10.0 Å². The van der Waals surface area contributed by atoms with E-state index >= 15 is 0 Å². The maximum atomic E-state index is 12.2. The molecule has 0 atom stereocenters. The number of nitrogens with two attached hydrogens (primary N) is 1. The molecule has 1 aromatic heterocycles. The molecular weight excluding hydrogens is 280 g/mol. The lowest BCUT2D eigenvalue weighted by atomic mass is 10.3. The van der Waals surface area contributed by atoms with E-state index in [9.17, 15) is 8.42 Å². The van der Waals surface area contributed by atoms with Gasteiger partial charge in [-0.3, -0.25) is 4.68 Å². The maximum Gasteiger partial charge on any atom is 0.244 e. The summed E-state index contributed by atoms with van der Waals surface area (Å²) in [5.74, 6) is 0.715. The van der Waals surface area contributed by atoms with Crippen molar-refractivity contribution in [3.63, 3.8) is 0 Å². The molecule has 2 aromatic rings. The predicted octanol–water partition coefficient (Wildman–Crippen LogP) is 0.489. The number of ether oxygens (including phenoxy) is 1. The summed E-state index contributed by atoms with van der Waals surface area (Å²) in [7, 11) is -0.564. The Bertz CT molecular complexity index is 709. The molecule has 0 spiro atoms. The third-order valence-corrected chi connectivity index (χ3v) is 4.32. The number of nitrogens with one attached hydrogen (secondary N) is 1. The van der Waals surface area contributed by atoms with Crippen molar-refractivity contribution >= 4 is 15.8 Å². The van der Waals surface area contributed by atoms with Crippen molar-refractivity contribution in [3.05, 3.63) is 36.0 Å². The van der Waals surface area contributed by atoms with Crippen LogP contribution in [0.4, 0.5) is 5.82 Å². The van der Waals surface area contributed by atoms with Crippen LogP contribution in [0.3, 0.4) is 0 Å². The first kappa shape index (κ1) is 14.4. The van der Waals surface area contributed by atoms with Crippen LogP contribution in [-0.4, -0.2) is 25.3 Å². The predicted molar refractivity (Wildman–Crippen MR) is 74.6 cm³/mol. The highest BCUT2D eigenvalue weighted by Crippen LogP contribution is 2.23. The summed E-state index contributed by atoms with van der Waals surface area (Å²) in [6.07, 6.45) is 1.53. The van der Waals surface area contributed by atoms with E-state index in [0.29, 0.717) is 17.1 Å². The van der Waals surface area contributed by atoms with Gasteiger partial charge in [-0.15, -0.1) is 0 Å². The van der Waals surface area contributed by atoms with Gasteiger partial charge < -0.3 is 10.5 Å². The van der Waals surface area contributed by atoms with Crippen LogP contribution in [0.5, 0.6) is 5.75 Å². The second-order valence-electron chi connectivity index (χ2n) is 4.15. The summed E-state index contributed by atoms with van der Waals surface area (Å²) < 4.78 is 33.5. The van der Waals surface area contributed by atoms with Gasteiger partial charge in [-0.05, 0) is 12.1 Å². The molecule has 0 aliphatic heterocycles. The number of benzene rings is 1. The number of nitrogen functional groups attached to an aromatic ring is 1. The summed E-state index contributed by atoms with van der Waals surface area (Å²) in [4.78, 5) is 0.0879. The zero-order valence-electron chi connectivity index (χ0n) is 11.2. The average Bonchev–Trinajstić information content (AvgIpc) is 2.76. The Balaban J connectivity index is 2.22. The van der Waals surface area contributed by atoms with Crippen LogP contribution in [0.15, 0.2) is 35.4 Å². The molecule has 1 heterocycles. The minimum atomic E-state index is -3.68. The number of hydrogen-bond donors (Lipinski definition) is 2. The van der Waals surface area contributed by atoms with Gasteiger partial charge in [-0.2, -0.15) is 5.10 Å². The minimum absolute atomic E-state index is 0.0695. The number of anilines is 1. The Labute approximate surface area is 117 Å². The van der Waals surface area contributed by atoms with Crippen LogP contribution in [0.25, 0.3) is 0 Å². The Kier molecular flexibility index (Phi) is 3.96. The summed E-state index contributed by atoms with van der Waals surface area (Å²) >= 11 is 0. The highest BCUT2D eigenvalue weighted by molar-refractivity contribution is 7.89. The molecule has 0 radical (unpaired) electrons. The van der Waals surface area contributed by atoms with Crippen LogP contribution in [0, 0.1) is 0 Å². The average molecular weight is 296 g/mol. The summed E-state index contributed by atoms with van der Waals surface area (Å²) in [6, 6.07) is 6.41. The molecule has 2 rings (SSSR count). The van der Waals surface area contributed by atoms with E-state index in [4.69, 9.17) is 10.5 Å². The molecule has 1 aromatic carbocycles. The number of hydrogen-bond acceptors (Lipinski definition) is 5. The third kappa shape index (κ3) is 2.75. The zero-order chi connectivity index (χ0) is 14.8. The standard InChI is InChI=1S/C12H16N4O3S/c1-16-12(13)9(7-14-16)8-15-20(17,18)11-6-4-3-5-10(11)19-2/h3-7,15H,8,13H2,1-2H3. The fourth-order valence-electron chi connectivity index (χ4n) is 1.72. The van der Waals surface area contributed by atoms with Crippen LogP contribution < -0.4 is 15.2 Å². The minimum Gasteiger partial charge on any atom is -0.495 e. The summed E-state index contributed by atoms with van der Waals surface area (Å²) in [6.45, 7) is 0.0695. The molecule has 8 heteroatoms. The Hall–Kier alpha value is -2.06. The van der Waals surface area contributed by atoms with Crippen molar-refractivity contribution in [2.45, 2.75) is 11.4 Å². The molecule has 0 saturated heterocycles. The number of sulfonamides is 1. The van der Waals surface area contributed by atoms with Crippen LogP contribution in [0.2, 0.25) is 0 Å². The van der Waals surface area contributed by atoms with Crippen molar-refractivity contribution in [1.82, 2.24) is 14.5 Å². The summed E-state index contributed by atoms with van der Waals surface area (Å²) in [5, 5.41) is 3.96. The van der Waals surface area contributed by atoms with Crippen molar-refractivity contribution < 1.29 is 13.2 Å². The van der Waals surface area contributed by atoms with Gasteiger partial charge in [0.05, 0.1) is 13.3 Å². The molecule has 108 valence electrons. The molecular formula is C12H16N4O3S. The number of aryl methyl sites for hydroxylation is 1. The molecule has 7 nitrogen and oxygen atoms in total. The first-order chi connectivity index (χ1) is 9.45. The second kappa shape index (κ2) is 5.51. The lowest BCUT2D eigenvalue weighted by Crippen LogP contribution is -2.24. The van der Waals surface area contributed by atoms with E-state index in [2.05, 4.69) is 9.82 Å². The number of para-hydroxylation sites is 1. The van der Waals surface area contributed by atoms with Gasteiger partial charge in [-0.25, -0.2) is 13.1 Å². The largest absolute Gasteiger partial charge is 0.495 e. The number of nitrogens with zero attached hydrogens (tertiary/aromatic N) is 2. The monoisotopic (exact) mass is 296 g/mol. The van der Waals surface area contributed by atoms with Gasteiger partial charge >= 0.3 is 0 Å². The maximum absolute atomic E-state index is 12.2. The molecule has 0 amide bonds. The number of methoxy groups -OCH3 is 1. The lowest BCUT2D eigenvalue weighted by molar-refractivity contribution is 0.402. The van der Waals surface area contributed by atoms with E-state index in [0.717, 1.165) is 0 Å². The molecule has 0 fully saturated rings. The highest BCUT2D eigenvalue weighted by atomic mass is 32.2. The van der Waals surface area contributed by atoms with Gasteiger partial charge in [0.25, 0.3) is 0 Å². The lowest BCUT2D eigenvalue weighted by Gasteiger charge is -2.10. The second-order valence-corrected chi connectivity index (χ2v) is 5.89. The molecule has 0 aliphatic rings. The van der Waals surface area contributed by atoms with Crippen molar-refractivity contribution in [1.29, 1.82) is 0 Å². The van der Waals surface area contributed by atoms with Crippen LogP contribution >= 0.6 is 0 Å². The number of aromatic nitrogens is 2. The Morgan fingerprint density at radius 1 is 1.40 bits per heavy atom. The summed E-state index contributed by atoms with van der Waals surface area (Å²) in [5.41, 5.74) is 6.38. The van der Waals surface area contributed by atoms with Crippen LogP contribution in [0.1, 0.15) is 5.56 Å². The molecule has 0 bridgehead atoms. The Morgan fingerprint density at radius 2 is 2.10 bits per heavy atom. The van der Waals surface area contributed by atoms with Crippen LogP contribution in [-0.2, 0) is 23.6 Å². The van der Waals surface area contributed by atoms with E-state index < -0.39 is 10.0 Å². The van der Waals surface area contributed by atoms with Gasteiger partial charge in [0, 0.05) is 19.2 Å². The van der Waals surface area contributed by atoms with E-state index in [-0.39, 0.29) is 11.4 Å². The topological polar surface area (TPSA) is 99.2 Å². The molecule has 0 aliphatic carbocycles. The molecule has 20 heavy (non-hydrogen) atoms. The normalized spacial score (nSPS) is 11.5. The first-order valence-corrected chi connectivity index (χ1v) is 7.33. The molecule has 0 unspecified atom stereocenters. The molecule has 0 saturated carbocycles. The van der Waals surface area contributed by atoms with E-state index in [1.807, 2.05) is 0 Å². The van der Waals surface area contributed by atoms with E-state index in [1.165, 1.54) is 24.1 Å². The highest BCUT2D eigenvalue weighted by Gasteiger charge is 2.19. The van der Waals surface area contributed by atoms with Gasteiger partial charge in [-0.1, -0.05) is 12.1 Å². The fraction of sp³-hybridized carbons (Fsp3) is 0.250. The fourth-order valence-corrected chi connectivity index (χ4v) is 2.89. The smallest absolute Gasteiger partial charge is 0.244 e. The van der Waals surface area contributed by atoms with Crippen molar-refractivity contribution in [3.8, 4) is 5.75 Å². The van der Waals surface area contributed by atoms with Crippen molar-refractivity contribution in [2.75, 3.05) is 12.8 Å². The van der Waals surface area contributed by atoms with Gasteiger partial charge in [0.15, 0.2) is 0 Å².